The number of rotatable bonds is 5. The molecule has 0 saturated carbocycles. The molecular weight excluding hydrogens is 325 g/mol. The predicted octanol–water partition coefficient (Wildman–Crippen LogP) is 4.96. The van der Waals surface area contributed by atoms with E-state index in [4.69, 9.17) is 23.2 Å². The van der Waals surface area contributed by atoms with Crippen molar-refractivity contribution in [2.45, 2.75) is 17.9 Å². The van der Waals surface area contributed by atoms with Crippen molar-refractivity contribution < 1.29 is 4.79 Å². The summed E-state index contributed by atoms with van der Waals surface area (Å²) in [5, 5.41) is 3.96. The van der Waals surface area contributed by atoms with Crippen LogP contribution in [0.25, 0.3) is 0 Å². The lowest BCUT2D eigenvalue weighted by Crippen LogP contribution is -2.28. The van der Waals surface area contributed by atoms with Gasteiger partial charge < -0.3 is 5.32 Å². The van der Waals surface area contributed by atoms with Gasteiger partial charge in [0, 0.05) is 4.90 Å². The molecule has 0 aliphatic heterocycles. The molecule has 1 atom stereocenters. The lowest BCUT2D eigenvalue weighted by atomic mass is 10.1. The molecule has 1 unspecified atom stereocenters. The molecule has 2 aromatic rings. The highest BCUT2D eigenvalue weighted by molar-refractivity contribution is 8.00. The van der Waals surface area contributed by atoms with Gasteiger partial charge in [0.1, 0.15) is 0 Å². The Morgan fingerprint density at radius 2 is 1.86 bits per heavy atom. The van der Waals surface area contributed by atoms with Crippen LogP contribution in [0, 0.1) is 0 Å². The molecule has 0 aromatic heterocycles. The smallest absolute Gasteiger partial charge is 0.230 e. The first-order valence-electron chi connectivity index (χ1n) is 6.48. The third-order valence-corrected chi connectivity index (χ3v) is 4.69. The zero-order valence-corrected chi connectivity index (χ0v) is 13.8. The molecule has 110 valence electrons. The third kappa shape index (κ3) is 4.95. The second-order valence-corrected chi connectivity index (χ2v) is 6.43. The van der Waals surface area contributed by atoms with Crippen LogP contribution in [0.4, 0.5) is 0 Å². The Hall–Kier alpha value is -1.16. The average molecular weight is 340 g/mol. The summed E-state index contributed by atoms with van der Waals surface area (Å²) in [5.74, 6) is 0.373. The molecule has 0 aliphatic rings. The van der Waals surface area contributed by atoms with Crippen LogP contribution in [0.5, 0.6) is 0 Å². The fourth-order valence-electron chi connectivity index (χ4n) is 1.81. The summed E-state index contributed by atoms with van der Waals surface area (Å²) in [6.07, 6.45) is 0. The summed E-state index contributed by atoms with van der Waals surface area (Å²) in [7, 11) is 0. The van der Waals surface area contributed by atoms with Gasteiger partial charge in [0.25, 0.3) is 0 Å². The minimum absolute atomic E-state index is 0.0116. The number of thioether (sulfide) groups is 1. The molecule has 0 aliphatic carbocycles. The van der Waals surface area contributed by atoms with Crippen molar-refractivity contribution in [2.24, 2.45) is 0 Å². The lowest BCUT2D eigenvalue weighted by Gasteiger charge is -2.15. The SMILES string of the molecule is CC(NC(=O)CSc1ccccc1)c1ccc(Cl)c(Cl)c1. The summed E-state index contributed by atoms with van der Waals surface area (Å²) in [5.41, 5.74) is 0.933. The normalized spacial score (nSPS) is 12.0. The van der Waals surface area contributed by atoms with Crippen LogP contribution in [-0.2, 0) is 4.79 Å². The molecule has 2 aromatic carbocycles. The monoisotopic (exact) mass is 339 g/mol. The van der Waals surface area contributed by atoms with Crippen molar-refractivity contribution in [3.8, 4) is 0 Å². The van der Waals surface area contributed by atoms with Crippen LogP contribution in [0.1, 0.15) is 18.5 Å². The first-order chi connectivity index (χ1) is 10.1. The fraction of sp³-hybridized carbons (Fsp3) is 0.188. The van der Waals surface area contributed by atoms with Crippen molar-refractivity contribution in [3.05, 3.63) is 64.1 Å². The maximum Gasteiger partial charge on any atom is 0.230 e. The van der Waals surface area contributed by atoms with Gasteiger partial charge in [-0.15, -0.1) is 11.8 Å². The van der Waals surface area contributed by atoms with E-state index in [0.717, 1.165) is 10.5 Å². The molecule has 0 saturated heterocycles. The van der Waals surface area contributed by atoms with E-state index in [1.807, 2.05) is 43.3 Å². The van der Waals surface area contributed by atoms with Gasteiger partial charge in [0.2, 0.25) is 5.91 Å². The molecule has 21 heavy (non-hydrogen) atoms. The number of halogens is 2. The van der Waals surface area contributed by atoms with Gasteiger partial charge in [-0.3, -0.25) is 4.79 Å². The van der Waals surface area contributed by atoms with Gasteiger partial charge in [-0.1, -0.05) is 47.5 Å². The number of hydrogen-bond acceptors (Lipinski definition) is 2. The third-order valence-electron chi connectivity index (χ3n) is 2.93. The molecule has 0 radical (unpaired) electrons. The van der Waals surface area contributed by atoms with Crippen LogP contribution in [0.3, 0.4) is 0 Å². The van der Waals surface area contributed by atoms with Crippen LogP contribution in [-0.4, -0.2) is 11.7 Å². The van der Waals surface area contributed by atoms with Crippen molar-refractivity contribution in [2.75, 3.05) is 5.75 Å². The quantitative estimate of drug-likeness (QED) is 0.779. The average Bonchev–Trinajstić information content (AvgIpc) is 2.49. The van der Waals surface area contributed by atoms with E-state index in [0.29, 0.717) is 15.8 Å². The lowest BCUT2D eigenvalue weighted by molar-refractivity contribution is -0.119. The highest BCUT2D eigenvalue weighted by Gasteiger charge is 2.11. The Bertz CT molecular complexity index is 619. The zero-order valence-electron chi connectivity index (χ0n) is 11.5. The molecule has 2 rings (SSSR count). The van der Waals surface area contributed by atoms with Gasteiger partial charge in [-0.25, -0.2) is 0 Å². The van der Waals surface area contributed by atoms with Gasteiger partial charge in [0.15, 0.2) is 0 Å². The number of benzene rings is 2. The molecular formula is C16H15Cl2NOS. The van der Waals surface area contributed by atoms with Crippen molar-refractivity contribution in [1.82, 2.24) is 5.32 Å². The molecule has 0 spiro atoms. The topological polar surface area (TPSA) is 29.1 Å². The minimum Gasteiger partial charge on any atom is -0.349 e. The molecule has 2 nitrogen and oxygen atoms in total. The summed E-state index contributed by atoms with van der Waals surface area (Å²) in [4.78, 5) is 13.0. The maximum atomic E-state index is 12.0. The van der Waals surface area contributed by atoms with E-state index in [2.05, 4.69) is 5.32 Å². The van der Waals surface area contributed by atoms with Gasteiger partial charge in [-0.05, 0) is 36.8 Å². The number of carbonyl (C=O) groups is 1. The molecule has 0 heterocycles. The highest BCUT2D eigenvalue weighted by atomic mass is 35.5. The Kier molecular flexibility index (Phi) is 5.97. The first-order valence-corrected chi connectivity index (χ1v) is 8.22. The molecule has 5 heteroatoms. The zero-order chi connectivity index (χ0) is 15.2. The Morgan fingerprint density at radius 3 is 2.52 bits per heavy atom. The van der Waals surface area contributed by atoms with E-state index in [-0.39, 0.29) is 11.9 Å². The number of nitrogens with one attached hydrogen (secondary N) is 1. The Labute approximate surface area is 138 Å². The number of amides is 1. The van der Waals surface area contributed by atoms with E-state index in [9.17, 15) is 4.79 Å². The van der Waals surface area contributed by atoms with E-state index in [1.54, 1.807) is 12.1 Å². The van der Waals surface area contributed by atoms with Crippen molar-refractivity contribution in [1.29, 1.82) is 0 Å². The predicted molar refractivity (Wildman–Crippen MR) is 90.2 cm³/mol. The number of hydrogen-bond donors (Lipinski definition) is 1. The summed E-state index contributed by atoms with van der Waals surface area (Å²) >= 11 is 13.4. The fourth-order valence-corrected chi connectivity index (χ4v) is 2.85. The summed E-state index contributed by atoms with van der Waals surface area (Å²) in [6.45, 7) is 1.92. The van der Waals surface area contributed by atoms with Crippen LogP contribution < -0.4 is 5.32 Å². The molecule has 1 amide bonds. The van der Waals surface area contributed by atoms with E-state index in [1.165, 1.54) is 11.8 Å². The van der Waals surface area contributed by atoms with Gasteiger partial charge in [-0.2, -0.15) is 0 Å². The maximum absolute atomic E-state index is 12.0. The van der Waals surface area contributed by atoms with E-state index < -0.39 is 0 Å². The molecule has 0 bridgehead atoms. The number of carbonyl (C=O) groups excluding carboxylic acids is 1. The highest BCUT2D eigenvalue weighted by Crippen LogP contribution is 2.25. The van der Waals surface area contributed by atoms with Crippen molar-refractivity contribution in [3.63, 3.8) is 0 Å². The van der Waals surface area contributed by atoms with E-state index >= 15 is 0 Å². The second-order valence-electron chi connectivity index (χ2n) is 4.56. The van der Waals surface area contributed by atoms with Crippen LogP contribution >= 0.6 is 35.0 Å². The van der Waals surface area contributed by atoms with Crippen molar-refractivity contribution >= 4 is 40.9 Å². The van der Waals surface area contributed by atoms with Gasteiger partial charge >= 0.3 is 0 Å². The van der Waals surface area contributed by atoms with Crippen LogP contribution in [0.15, 0.2) is 53.4 Å². The first kappa shape index (κ1) is 16.2. The standard InChI is InChI=1S/C16H15Cl2NOS/c1-11(12-7-8-14(17)15(18)9-12)19-16(20)10-21-13-5-3-2-4-6-13/h2-9,11H,10H2,1H3,(H,19,20). The summed E-state index contributed by atoms with van der Waals surface area (Å²) in [6, 6.07) is 15.1. The largest absolute Gasteiger partial charge is 0.349 e. The molecule has 0 fully saturated rings. The Balaban J connectivity index is 1.88. The Morgan fingerprint density at radius 1 is 1.14 bits per heavy atom. The van der Waals surface area contributed by atoms with Gasteiger partial charge in [0.05, 0.1) is 21.8 Å². The van der Waals surface area contributed by atoms with Crippen LogP contribution in [0.2, 0.25) is 10.0 Å². The second kappa shape index (κ2) is 7.74. The minimum atomic E-state index is -0.108. The summed E-state index contributed by atoms with van der Waals surface area (Å²) < 4.78 is 0. The molecule has 1 N–H and O–H groups in total.